The van der Waals surface area contributed by atoms with E-state index in [9.17, 15) is 0 Å². The number of rotatable bonds is 5. The van der Waals surface area contributed by atoms with Gasteiger partial charge in [-0.3, -0.25) is 4.68 Å². The number of aromatic nitrogens is 2. The molecule has 5 heteroatoms. The largest absolute Gasteiger partial charge is 0.330 e. The Morgan fingerprint density at radius 1 is 1.27 bits per heavy atom. The molecule has 1 rings (SSSR count). The van der Waals surface area contributed by atoms with Crippen molar-refractivity contribution in [2.45, 2.75) is 39.7 Å². The highest BCUT2D eigenvalue weighted by Gasteiger charge is 2.07. The van der Waals surface area contributed by atoms with Crippen molar-refractivity contribution in [3.63, 3.8) is 0 Å². The molecule has 3 nitrogen and oxygen atoms in total. The average molecular weight is 297 g/mol. The molecule has 0 amide bonds. The fourth-order valence-corrected chi connectivity index (χ4v) is 1.76. The van der Waals surface area contributed by atoms with Crippen LogP contribution in [0.2, 0.25) is 0 Å². The number of hydrogen-bond acceptors (Lipinski definition) is 2. The third kappa shape index (κ3) is 4.13. The molecule has 0 aliphatic rings. The second-order valence-corrected chi connectivity index (χ2v) is 4.35. The average Bonchev–Trinajstić information content (AvgIpc) is 2.41. The molecule has 88 valence electrons. The van der Waals surface area contributed by atoms with Gasteiger partial charge in [0.1, 0.15) is 0 Å². The first-order valence-electron chi connectivity index (χ1n) is 5.06. The van der Waals surface area contributed by atoms with Crippen molar-refractivity contribution in [2.24, 2.45) is 5.73 Å². The number of nitrogens with zero attached hydrogens (tertiary/aromatic N) is 2. The van der Waals surface area contributed by atoms with E-state index < -0.39 is 0 Å². The molecular weight excluding hydrogens is 277 g/mol. The molecule has 1 aromatic heterocycles. The van der Waals surface area contributed by atoms with Crippen molar-refractivity contribution >= 4 is 28.3 Å². The summed E-state index contributed by atoms with van der Waals surface area (Å²) in [7, 11) is 0. The molecule has 0 aliphatic heterocycles. The normalized spacial score (nSPS) is 10.1. The number of unbranched alkanes of at least 4 members (excludes halogenated alkanes) is 2. The van der Waals surface area contributed by atoms with Gasteiger partial charge in [0.15, 0.2) is 0 Å². The quantitative estimate of drug-likeness (QED) is 0.849. The monoisotopic (exact) mass is 295 g/mol. The van der Waals surface area contributed by atoms with Crippen LogP contribution in [0.4, 0.5) is 0 Å². The summed E-state index contributed by atoms with van der Waals surface area (Å²) in [4.78, 5) is 0. The number of aryl methyl sites for hydroxylation is 2. The smallest absolute Gasteiger partial charge is 0.0738 e. The minimum atomic E-state index is 0. The van der Waals surface area contributed by atoms with Crippen LogP contribution in [0.15, 0.2) is 4.47 Å². The Morgan fingerprint density at radius 3 is 2.40 bits per heavy atom. The molecule has 0 radical (unpaired) electrons. The van der Waals surface area contributed by atoms with Crippen LogP contribution in [0.5, 0.6) is 0 Å². The van der Waals surface area contributed by atoms with Crippen LogP contribution >= 0.6 is 28.3 Å². The van der Waals surface area contributed by atoms with Crippen LogP contribution in [0, 0.1) is 13.8 Å². The summed E-state index contributed by atoms with van der Waals surface area (Å²) in [6.45, 7) is 5.90. The number of hydrogen-bond donors (Lipinski definition) is 1. The van der Waals surface area contributed by atoms with Gasteiger partial charge in [0.2, 0.25) is 0 Å². The second-order valence-electron chi connectivity index (χ2n) is 3.56. The maximum atomic E-state index is 5.44. The zero-order valence-electron chi connectivity index (χ0n) is 9.29. The third-order valence-electron chi connectivity index (χ3n) is 2.37. The van der Waals surface area contributed by atoms with E-state index in [0.717, 1.165) is 36.1 Å². The Balaban J connectivity index is 0.00000196. The molecule has 1 aromatic rings. The first-order valence-corrected chi connectivity index (χ1v) is 5.85. The van der Waals surface area contributed by atoms with Gasteiger partial charge >= 0.3 is 0 Å². The Labute approximate surface area is 106 Å². The van der Waals surface area contributed by atoms with E-state index in [1.54, 1.807) is 0 Å². The first-order chi connectivity index (χ1) is 6.66. The van der Waals surface area contributed by atoms with E-state index in [0.29, 0.717) is 0 Å². The summed E-state index contributed by atoms with van der Waals surface area (Å²) in [6.07, 6.45) is 3.46. The molecule has 0 aromatic carbocycles. The van der Waals surface area contributed by atoms with Gasteiger partial charge in [-0.1, -0.05) is 6.42 Å². The molecule has 0 bridgehead atoms. The SMILES string of the molecule is Cc1nn(CCCCCN)c(C)c1Br.Cl. The van der Waals surface area contributed by atoms with Crippen molar-refractivity contribution in [1.29, 1.82) is 0 Å². The number of halogens is 2. The van der Waals surface area contributed by atoms with Crippen LogP contribution in [-0.2, 0) is 6.54 Å². The maximum absolute atomic E-state index is 5.44. The molecule has 0 spiro atoms. The molecule has 0 aliphatic carbocycles. The molecular formula is C10H19BrClN3. The van der Waals surface area contributed by atoms with E-state index in [4.69, 9.17) is 5.73 Å². The van der Waals surface area contributed by atoms with Gasteiger partial charge < -0.3 is 5.73 Å². The van der Waals surface area contributed by atoms with Crippen LogP contribution in [0.25, 0.3) is 0 Å². The molecule has 2 N–H and O–H groups in total. The van der Waals surface area contributed by atoms with Crippen molar-refractivity contribution in [3.05, 3.63) is 15.9 Å². The van der Waals surface area contributed by atoms with Crippen molar-refractivity contribution < 1.29 is 0 Å². The molecule has 15 heavy (non-hydrogen) atoms. The third-order valence-corrected chi connectivity index (χ3v) is 3.51. The first kappa shape index (κ1) is 14.9. The lowest BCUT2D eigenvalue weighted by molar-refractivity contribution is 0.534. The van der Waals surface area contributed by atoms with E-state index >= 15 is 0 Å². The summed E-state index contributed by atoms with van der Waals surface area (Å²) in [5.74, 6) is 0. The molecule has 0 saturated carbocycles. The highest BCUT2D eigenvalue weighted by Crippen LogP contribution is 2.19. The fourth-order valence-electron chi connectivity index (χ4n) is 1.48. The second kappa shape index (κ2) is 7.25. The maximum Gasteiger partial charge on any atom is 0.0738 e. The highest BCUT2D eigenvalue weighted by molar-refractivity contribution is 9.10. The Morgan fingerprint density at radius 2 is 1.93 bits per heavy atom. The predicted octanol–water partition coefficient (Wildman–Crippen LogP) is 2.81. The van der Waals surface area contributed by atoms with Crippen molar-refractivity contribution in [2.75, 3.05) is 6.54 Å². The number of nitrogens with two attached hydrogens (primary N) is 1. The Bertz CT molecular complexity index is 299. The lowest BCUT2D eigenvalue weighted by Gasteiger charge is -2.03. The summed E-state index contributed by atoms with van der Waals surface area (Å²) in [6, 6.07) is 0. The molecule has 0 fully saturated rings. The van der Waals surface area contributed by atoms with Crippen molar-refractivity contribution in [1.82, 2.24) is 9.78 Å². The van der Waals surface area contributed by atoms with E-state index in [1.165, 1.54) is 12.1 Å². The lowest BCUT2D eigenvalue weighted by Crippen LogP contribution is -2.04. The lowest BCUT2D eigenvalue weighted by atomic mass is 10.2. The van der Waals surface area contributed by atoms with Crippen LogP contribution in [-0.4, -0.2) is 16.3 Å². The van der Waals surface area contributed by atoms with Gasteiger partial charge in [-0.15, -0.1) is 12.4 Å². The zero-order chi connectivity index (χ0) is 10.6. The zero-order valence-corrected chi connectivity index (χ0v) is 11.7. The van der Waals surface area contributed by atoms with Gasteiger partial charge in [-0.05, 0) is 49.2 Å². The summed E-state index contributed by atoms with van der Waals surface area (Å²) < 4.78 is 3.20. The van der Waals surface area contributed by atoms with Gasteiger partial charge in [-0.25, -0.2) is 0 Å². The summed E-state index contributed by atoms with van der Waals surface area (Å²) in [5.41, 5.74) is 7.72. The molecule has 0 atom stereocenters. The van der Waals surface area contributed by atoms with Gasteiger partial charge in [0.25, 0.3) is 0 Å². The predicted molar refractivity (Wildman–Crippen MR) is 69.6 cm³/mol. The van der Waals surface area contributed by atoms with E-state index in [1.807, 2.05) is 6.92 Å². The topological polar surface area (TPSA) is 43.8 Å². The van der Waals surface area contributed by atoms with Crippen LogP contribution in [0.1, 0.15) is 30.7 Å². The minimum Gasteiger partial charge on any atom is -0.330 e. The van der Waals surface area contributed by atoms with Gasteiger partial charge in [0.05, 0.1) is 10.2 Å². The fraction of sp³-hybridized carbons (Fsp3) is 0.700. The van der Waals surface area contributed by atoms with Gasteiger partial charge in [-0.2, -0.15) is 5.10 Å². The highest BCUT2D eigenvalue weighted by atomic mass is 79.9. The standard InChI is InChI=1S/C10H18BrN3.ClH/c1-8-10(11)9(2)14(13-8)7-5-3-4-6-12;/h3-7,12H2,1-2H3;1H. The minimum absolute atomic E-state index is 0. The van der Waals surface area contributed by atoms with Crippen LogP contribution < -0.4 is 5.73 Å². The molecule has 0 unspecified atom stereocenters. The molecule has 0 saturated heterocycles. The summed E-state index contributed by atoms with van der Waals surface area (Å²) >= 11 is 3.52. The molecule has 1 heterocycles. The van der Waals surface area contributed by atoms with E-state index in [2.05, 4.69) is 32.6 Å². The Hall–Kier alpha value is -0.0600. The Kier molecular flexibility index (Phi) is 7.22. The van der Waals surface area contributed by atoms with Crippen LogP contribution in [0.3, 0.4) is 0 Å². The van der Waals surface area contributed by atoms with Crippen molar-refractivity contribution in [3.8, 4) is 0 Å². The summed E-state index contributed by atoms with van der Waals surface area (Å²) in [5, 5.41) is 4.45. The van der Waals surface area contributed by atoms with E-state index in [-0.39, 0.29) is 12.4 Å². The van der Waals surface area contributed by atoms with Gasteiger partial charge in [0, 0.05) is 12.2 Å².